The van der Waals surface area contributed by atoms with Crippen molar-refractivity contribution in [3.8, 4) is 0 Å². The summed E-state index contributed by atoms with van der Waals surface area (Å²) < 4.78 is 11.0. The van der Waals surface area contributed by atoms with Crippen LogP contribution in [0.4, 0.5) is 4.48 Å². The highest BCUT2D eigenvalue weighted by atomic mass is 19.2. The molecule has 0 aromatic carbocycles. The number of hydrogen-bond donors (Lipinski definition) is 0. The van der Waals surface area contributed by atoms with Crippen molar-refractivity contribution in [3.63, 3.8) is 0 Å². The minimum absolute atomic E-state index is 0.139. The maximum absolute atomic E-state index is 11.0. The monoisotopic (exact) mass is 76.0 g/mol. The summed E-state index contributed by atoms with van der Waals surface area (Å²) >= 11 is 0. The molecule has 0 fully saturated rings. The van der Waals surface area contributed by atoms with Crippen molar-refractivity contribution in [1.82, 2.24) is 5.23 Å². The summed E-state index contributed by atoms with van der Waals surface area (Å²) in [6.07, 6.45) is 0. The third-order valence-electron chi connectivity index (χ3n) is 0.195. The fourth-order valence-electron chi connectivity index (χ4n) is 0. The molecule has 0 aliphatic heterocycles. The van der Waals surface area contributed by atoms with Crippen LogP contribution in [-0.2, 0) is 0 Å². The molecular weight excluding hydrogens is 71.0 g/mol. The number of nitrogens with zero attached hydrogens (tertiary/aromatic N) is 2. The molecule has 0 heterocycles. The highest BCUT2D eigenvalue weighted by molar-refractivity contribution is 5.21. The van der Waals surface area contributed by atoms with Gasteiger partial charge in [-0.1, -0.05) is 4.48 Å². The van der Waals surface area contributed by atoms with Crippen LogP contribution in [0.2, 0.25) is 0 Å². The van der Waals surface area contributed by atoms with Gasteiger partial charge in [-0.05, 0) is 0 Å². The van der Waals surface area contributed by atoms with E-state index in [-0.39, 0.29) is 5.23 Å². The van der Waals surface area contributed by atoms with Crippen molar-refractivity contribution < 1.29 is 4.48 Å². The summed E-state index contributed by atoms with van der Waals surface area (Å²) in [5, 5.41) is 2.94. The van der Waals surface area contributed by atoms with Crippen LogP contribution in [0.3, 0.4) is 0 Å². The summed E-state index contributed by atoms with van der Waals surface area (Å²) in [4.78, 5) is 0. The van der Waals surface area contributed by atoms with E-state index in [1.807, 2.05) is 0 Å². The Hall–Kier alpha value is -0.600. The predicted molar refractivity (Wildman–Crippen MR) is 18.4 cm³/mol. The third-order valence-corrected chi connectivity index (χ3v) is 0.195. The van der Waals surface area contributed by atoms with Crippen LogP contribution in [0.15, 0.2) is 5.10 Å². The Morgan fingerprint density at radius 2 is 2.20 bits per heavy atom. The standard InChI is InChI=1S/C2H5FN2/c1-4-5(2)3/h1H2,2H3. The second-order valence-electron chi connectivity index (χ2n) is 0.586. The maximum Gasteiger partial charge on any atom is 0.0588 e. The predicted octanol–water partition coefficient (Wildman–Crippen LogP) is 0.418. The maximum atomic E-state index is 11.0. The van der Waals surface area contributed by atoms with E-state index in [2.05, 4.69) is 11.8 Å². The Morgan fingerprint density at radius 1 is 2.00 bits per heavy atom. The van der Waals surface area contributed by atoms with Gasteiger partial charge in [0, 0.05) is 6.72 Å². The SMILES string of the molecule is C=NN(C)F. The Bertz CT molecular complexity index is 34.6. The topological polar surface area (TPSA) is 15.6 Å². The lowest BCUT2D eigenvalue weighted by atomic mass is 11.5. The second-order valence-corrected chi connectivity index (χ2v) is 0.586. The fraction of sp³-hybridized carbons (Fsp3) is 0.500. The molecule has 2 nitrogen and oxygen atoms in total. The zero-order valence-electron chi connectivity index (χ0n) is 2.98. The molecule has 0 saturated carbocycles. The van der Waals surface area contributed by atoms with Crippen molar-refractivity contribution in [1.29, 1.82) is 0 Å². The number of halogens is 1. The normalized spacial score (nSPS) is 6.80. The van der Waals surface area contributed by atoms with Crippen LogP contribution in [0.1, 0.15) is 0 Å². The quantitative estimate of drug-likeness (QED) is 0.251. The molecule has 0 spiro atoms. The Kier molecular flexibility index (Phi) is 1.49. The third kappa shape index (κ3) is 3.40. The lowest BCUT2D eigenvalue weighted by Gasteiger charge is -1.89. The van der Waals surface area contributed by atoms with Crippen molar-refractivity contribution in [2.24, 2.45) is 5.10 Å². The van der Waals surface area contributed by atoms with Gasteiger partial charge in [0.25, 0.3) is 0 Å². The summed E-state index contributed by atoms with van der Waals surface area (Å²) in [5.41, 5.74) is 0. The number of hydrazone groups is 1. The zero-order valence-corrected chi connectivity index (χ0v) is 2.98. The van der Waals surface area contributed by atoms with Gasteiger partial charge in [-0.25, -0.2) is 0 Å². The minimum Gasteiger partial charge on any atom is -0.164 e. The van der Waals surface area contributed by atoms with E-state index in [0.29, 0.717) is 0 Å². The van der Waals surface area contributed by atoms with Crippen LogP contribution >= 0.6 is 0 Å². The molecule has 30 valence electrons. The van der Waals surface area contributed by atoms with Crippen molar-refractivity contribution in [2.45, 2.75) is 0 Å². The molecule has 0 radical (unpaired) electrons. The molecule has 0 saturated heterocycles. The summed E-state index contributed by atoms with van der Waals surface area (Å²) in [5.74, 6) is 0. The molecule has 0 N–H and O–H groups in total. The van der Waals surface area contributed by atoms with Gasteiger partial charge >= 0.3 is 0 Å². The van der Waals surface area contributed by atoms with E-state index >= 15 is 0 Å². The molecule has 0 unspecified atom stereocenters. The highest BCUT2D eigenvalue weighted by Crippen LogP contribution is 1.73. The van der Waals surface area contributed by atoms with Gasteiger partial charge in [0.2, 0.25) is 0 Å². The van der Waals surface area contributed by atoms with E-state index in [1.54, 1.807) is 0 Å². The van der Waals surface area contributed by atoms with Gasteiger partial charge in [0.05, 0.1) is 7.05 Å². The molecule has 0 amide bonds. The van der Waals surface area contributed by atoms with E-state index in [0.717, 1.165) is 7.05 Å². The molecule has 0 bridgehead atoms. The molecule has 0 rings (SSSR count). The van der Waals surface area contributed by atoms with Crippen LogP contribution in [0, 0.1) is 0 Å². The van der Waals surface area contributed by atoms with Crippen molar-refractivity contribution in [3.05, 3.63) is 0 Å². The molecule has 0 aliphatic rings. The van der Waals surface area contributed by atoms with E-state index in [1.165, 1.54) is 0 Å². The first-order valence-electron chi connectivity index (χ1n) is 1.13. The first-order chi connectivity index (χ1) is 2.27. The average molecular weight is 76.1 g/mol. The van der Waals surface area contributed by atoms with Gasteiger partial charge in [-0.3, -0.25) is 0 Å². The molecule has 0 aliphatic carbocycles. The summed E-state index contributed by atoms with van der Waals surface area (Å²) in [7, 11) is 1.16. The van der Waals surface area contributed by atoms with Crippen LogP contribution in [0.25, 0.3) is 0 Å². The van der Waals surface area contributed by atoms with Gasteiger partial charge in [-0.15, -0.1) is 5.23 Å². The second kappa shape index (κ2) is 1.69. The van der Waals surface area contributed by atoms with Crippen molar-refractivity contribution >= 4 is 6.72 Å². The van der Waals surface area contributed by atoms with Crippen LogP contribution in [-0.4, -0.2) is 19.0 Å². The number of hydrogen-bond acceptors (Lipinski definition) is 2. The first-order valence-corrected chi connectivity index (χ1v) is 1.13. The lowest BCUT2D eigenvalue weighted by Crippen LogP contribution is -1.90. The smallest absolute Gasteiger partial charge is 0.0588 e. The van der Waals surface area contributed by atoms with E-state index in [4.69, 9.17) is 0 Å². The van der Waals surface area contributed by atoms with E-state index in [9.17, 15) is 4.48 Å². The van der Waals surface area contributed by atoms with Gasteiger partial charge < -0.3 is 0 Å². The summed E-state index contributed by atoms with van der Waals surface area (Å²) in [6, 6.07) is 0. The fourth-order valence-corrected chi connectivity index (χ4v) is 0. The molecule has 5 heavy (non-hydrogen) atoms. The largest absolute Gasteiger partial charge is 0.164 e. The van der Waals surface area contributed by atoms with Crippen LogP contribution < -0.4 is 0 Å². The van der Waals surface area contributed by atoms with Crippen LogP contribution in [0.5, 0.6) is 0 Å². The average Bonchev–Trinajstić information content (AvgIpc) is 1.38. The zero-order chi connectivity index (χ0) is 4.28. The lowest BCUT2D eigenvalue weighted by molar-refractivity contribution is 0.0663. The van der Waals surface area contributed by atoms with Gasteiger partial charge in [-0.2, -0.15) is 5.10 Å². The molecule has 0 aromatic rings. The first kappa shape index (κ1) is 4.40. The van der Waals surface area contributed by atoms with Crippen molar-refractivity contribution in [2.75, 3.05) is 7.05 Å². The molecule has 0 aromatic heterocycles. The van der Waals surface area contributed by atoms with E-state index < -0.39 is 0 Å². The molecular formula is C2H5FN2. The molecule has 3 heteroatoms. The molecule has 0 atom stereocenters. The highest BCUT2D eigenvalue weighted by Gasteiger charge is 1.69. The Labute approximate surface area is 29.8 Å². The Morgan fingerprint density at radius 3 is 2.20 bits per heavy atom. The number of rotatable bonds is 1. The minimum atomic E-state index is 0.139. The Balaban J connectivity index is 2.83. The van der Waals surface area contributed by atoms with Gasteiger partial charge in [0.15, 0.2) is 0 Å². The summed E-state index contributed by atoms with van der Waals surface area (Å²) in [6.45, 7) is 2.86. The van der Waals surface area contributed by atoms with Gasteiger partial charge in [0.1, 0.15) is 0 Å².